The van der Waals surface area contributed by atoms with Crippen LogP contribution in [0.5, 0.6) is 11.5 Å². The molecule has 0 unspecified atom stereocenters. The Labute approximate surface area is 219 Å². The van der Waals surface area contributed by atoms with E-state index in [-0.39, 0.29) is 16.8 Å². The molecule has 3 aromatic rings. The van der Waals surface area contributed by atoms with Gasteiger partial charge in [0.2, 0.25) is 0 Å². The first-order valence-corrected chi connectivity index (χ1v) is 11.7. The van der Waals surface area contributed by atoms with E-state index in [0.717, 1.165) is 10.5 Å². The smallest absolute Gasteiger partial charge is 0.337 e. The van der Waals surface area contributed by atoms with Gasteiger partial charge in [0.25, 0.3) is 11.8 Å². The summed E-state index contributed by atoms with van der Waals surface area (Å²) in [6.07, 6.45) is 1.37. The van der Waals surface area contributed by atoms with Crippen molar-refractivity contribution in [1.82, 2.24) is 5.32 Å². The molecule has 194 valence electrons. The second kappa shape index (κ2) is 11.0. The second-order valence-electron chi connectivity index (χ2n) is 8.61. The first-order valence-electron chi connectivity index (χ1n) is 11.7. The van der Waals surface area contributed by atoms with Gasteiger partial charge >= 0.3 is 12.0 Å². The van der Waals surface area contributed by atoms with Crippen LogP contribution in [0.15, 0.2) is 66.2 Å². The molecular formula is C29H26N2O7. The Hall–Kier alpha value is -4.92. The summed E-state index contributed by atoms with van der Waals surface area (Å²) in [4.78, 5) is 50.7. The Morgan fingerprint density at radius 1 is 0.895 bits per heavy atom. The third-order valence-corrected chi connectivity index (χ3v) is 6.11. The number of aryl methyl sites for hydroxylation is 2. The fourth-order valence-electron chi connectivity index (χ4n) is 3.87. The van der Waals surface area contributed by atoms with E-state index in [1.807, 2.05) is 26.0 Å². The second-order valence-corrected chi connectivity index (χ2v) is 8.61. The van der Waals surface area contributed by atoms with E-state index in [0.29, 0.717) is 23.7 Å². The molecule has 0 spiro atoms. The van der Waals surface area contributed by atoms with E-state index in [1.54, 1.807) is 18.2 Å². The third-order valence-electron chi connectivity index (χ3n) is 6.11. The van der Waals surface area contributed by atoms with E-state index in [4.69, 9.17) is 9.47 Å². The quantitative estimate of drug-likeness (QED) is 0.284. The number of nitrogens with one attached hydrogen (secondary N) is 1. The van der Waals surface area contributed by atoms with Crippen LogP contribution in [0, 0.1) is 13.8 Å². The van der Waals surface area contributed by atoms with Gasteiger partial charge in [-0.15, -0.1) is 0 Å². The molecule has 0 saturated carbocycles. The zero-order chi connectivity index (χ0) is 27.4. The highest BCUT2D eigenvalue weighted by Crippen LogP contribution is 2.31. The van der Waals surface area contributed by atoms with E-state index < -0.39 is 23.8 Å². The average Bonchev–Trinajstić information content (AvgIpc) is 2.91. The Balaban J connectivity index is 1.57. The number of hydrogen-bond acceptors (Lipinski definition) is 7. The molecule has 0 atom stereocenters. The number of carbonyl (C=O) groups excluding carboxylic acids is 4. The number of rotatable bonds is 7. The molecule has 1 aliphatic rings. The molecule has 9 nitrogen and oxygen atoms in total. The topological polar surface area (TPSA) is 111 Å². The highest BCUT2D eigenvalue weighted by molar-refractivity contribution is 6.39. The van der Waals surface area contributed by atoms with Gasteiger partial charge in [0.15, 0.2) is 11.5 Å². The van der Waals surface area contributed by atoms with Gasteiger partial charge < -0.3 is 14.2 Å². The first kappa shape index (κ1) is 26.2. The predicted molar refractivity (Wildman–Crippen MR) is 140 cm³/mol. The van der Waals surface area contributed by atoms with Crippen LogP contribution in [0.3, 0.4) is 0 Å². The van der Waals surface area contributed by atoms with Crippen LogP contribution in [0.1, 0.15) is 32.6 Å². The van der Waals surface area contributed by atoms with Crippen LogP contribution in [-0.4, -0.2) is 38.0 Å². The van der Waals surface area contributed by atoms with Gasteiger partial charge in [-0.2, -0.15) is 0 Å². The summed E-state index contributed by atoms with van der Waals surface area (Å²) in [6.45, 7) is 4.42. The van der Waals surface area contributed by atoms with Gasteiger partial charge in [0.1, 0.15) is 12.2 Å². The third kappa shape index (κ3) is 5.41. The number of anilines is 1. The highest BCUT2D eigenvalue weighted by Gasteiger charge is 2.36. The van der Waals surface area contributed by atoms with Gasteiger partial charge in [0.05, 0.1) is 25.5 Å². The summed E-state index contributed by atoms with van der Waals surface area (Å²) in [5, 5.41) is 2.18. The highest BCUT2D eigenvalue weighted by atomic mass is 16.5. The summed E-state index contributed by atoms with van der Waals surface area (Å²) in [5.74, 6) is -1.28. The lowest BCUT2D eigenvalue weighted by Gasteiger charge is -2.26. The summed E-state index contributed by atoms with van der Waals surface area (Å²) < 4.78 is 16.1. The number of benzene rings is 3. The van der Waals surface area contributed by atoms with Crippen molar-refractivity contribution >= 4 is 35.6 Å². The molecule has 0 aromatic heterocycles. The number of esters is 1. The number of hydrogen-bond donors (Lipinski definition) is 1. The van der Waals surface area contributed by atoms with Crippen LogP contribution >= 0.6 is 0 Å². The molecule has 4 amide bonds. The van der Waals surface area contributed by atoms with Crippen LogP contribution in [0.2, 0.25) is 0 Å². The van der Waals surface area contributed by atoms with Crippen molar-refractivity contribution in [3.8, 4) is 11.5 Å². The van der Waals surface area contributed by atoms with Gasteiger partial charge in [-0.05, 0) is 78.6 Å². The normalized spacial score (nSPS) is 14.4. The Bertz CT molecular complexity index is 1460. The van der Waals surface area contributed by atoms with Crippen molar-refractivity contribution in [3.63, 3.8) is 0 Å². The van der Waals surface area contributed by atoms with Crippen LogP contribution in [0.25, 0.3) is 6.08 Å². The summed E-state index contributed by atoms with van der Waals surface area (Å²) in [6, 6.07) is 15.9. The Morgan fingerprint density at radius 3 is 2.29 bits per heavy atom. The maximum absolute atomic E-state index is 13.2. The fraction of sp³-hybridized carbons (Fsp3) is 0.172. The number of imide groups is 2. The Morgan fingerprint density at radius 2 is 1.63 bits per heavy atom. The first-order chi connectivity index (χ1) is 18.2. The molecule has 4 rings (SSSR count). The van der Waals surface area contributed by atoms with Crippen molar-refractivity contribution in [2.75, 3.05) is 19.1 Å². The lowest BCUT2D eigenvalue weighted by Crippen LogP contribution is -2.54. The zero-order valence-corrected chi connectivity index (χ0v) is 21.4. The van der Waals surface area contributed by atoms with E-state index >= 15 is 0 Å². The van der Waals surface area contributed by atoms with Gasteiger partial charge in [0, 0.05) is 0 Å². The molecule has 0 radical (unpaired) electrons. The zero-order valence-electron chi connectivity index (χ0n) is 21.4. The number of carbonyl (C=O) groups is 4. The number of barbiturate groups is 1. The van der Waals surface area contributed by atoms with Gasteiger partial charge in [-0.25, -0.2) is 14.5 Å². The summed E-state index contributed by atoms with van der Waals surface area (Å²) >= 11 is 0. The number of urea groups is 1. The molecule has 1 N–H and O–H groups in total. The van der Waals surface area contributed by atoms with Gasteiger partial charge in [-0.3, -0.25) is 14.9 Å². The van der Waals surface area contributed by atoms with Crippen molar-refractivity contribution in [2.24, 2.45) is 0 Å². The van der Waals surface area contributed by atoms with E-state index in [9.17, 15) is 19.2 Å². The minimum absolute atomic E-state index is 0.186. The number of amides is 4. The molecule has 1 heterocycles. The maximum Gasteiger partial charge on any atom is 0.337 e. The van der Waals surface area contributed by atoms with Crippen LogP contribution < -0.4 is 19.7 Å². The van der Waals surface area contributed by atoms with Crippen molar-refractivity contribution in [2.45, 2.75) is 20.5 Å². The van der Waals surface area contributed by atoms with Gasteiger partial charge in [-0.1, -0.05) is 24.3 Å². The van der Waals surface area contributed by atoms with Crippen LogP contribution in [0.4, 0.5) is 10.5 Å². The molecule has 38 heavy (non-hydrogen) atoms. The lowest BCUT2D eigenvalue weighted by atomic mass is 10.1. The van der Waals surface area contributed by atoms with Crippen LogP contribution in [-0.2, 0) is 20.9 Å². The number of nitrogens with zero attached hydrogens (tertiary/aromatic N) is 1. The Kier molecular flexibility index (Phi) is 7.57. The number of methoxy groups -OCH3 is 2. The minimum Gasteiger partial charge on any atom is -0.493 e. The minimum atomic E-state index is -0.893. The molecule has 1 aliphatic heterocycles. The SMILES string of the molecule is COC(=O)c1ccc(N2C(=O)NC(=O)/C(=C\c3ccc(OCc4ccc(C)c(C)c4)c(OC)c3)C2=O)cc1. The summed E-state index contributed by atoms with van der Waals surface area (Å²) in [5.41, 5.74) is 4.06. The molecule has 3 aromatic carbocycles. The van der Waals surface area contributed by atoms with Crippen molar-refractivity contribution < 1.29 is 33.4 Å². The fourth-order valence-corrected chi connectivity index (χ4v) is 3.87. The standard InChI is InChI=1S/C29H26N2O7/c1-17-5-6-20(13-18(17)2)16-38-24-12-7-19(15-25(24)36-3)14-23-26(32)30-29(35)31(27(23)33)22-10-8-21(9-11-22)28(34)37-4/h5-15H,16H2,1-4H3,(H,30,32,35)/b23-14+. The molecule has 0 aliphatic carbocycles. The van der Waals surface area contributed by atoms with E-state index in [2.05, 4.69) is 16.1 Å². The average molecular weight is 515 g/mol. The molecule has 1 saturated heterocycles. The molecule has 1 fully saturated rings. The molecule has 9 heteroatoms. The maximum atomic E-state index is 13.2. The van der Waals surface area contributed by atoms with Crippen molar-refractivity contribution in [1.29, 1.82) is 0 Å². The van der Waals surface area contributed by atoms with E-state index in [1.165, 1.54) is 55.7 Å². The summed E-state index contributed by atoms with van der Waals surface area (Å²) in [7, 11) is 2.74. The monoisotopic (exact) mass is 514 g/mol. The largest absolute Gasteiger partial charge is 0.493 e. The van der Waals surface area contributed by atoms with Crippen molar-refractivity contribution in [3.05, 3.63) is 94.1 Å². The molecule has 0 bridgehead atoms. The number of ether oxygens (including phenoxy) is 3. The predicted octanol–water partition coefficient (Wildman–Crippen LogP) is 4.34. The lowest BCUT2D eigenvalue weighted by molar-refractivity contribution is -0.122. The molecular weight excluding hydrogens is 488 g/mol.